The maximum absolute atomic E-state index is 11.9. The van der Waals surface area contributed by atoms with Crippen molar-refractivity contribution in [1.29, 1.82) is 0 Å². The van der Waals surface area contributed by atoms with E-state index in [-0.39, 0.29) is 5.97 Å². The van der Waals surface area contributed by atoms with E-state index in [1.165, 1.54) is 0 Å². The number of hydrogen-bond donors (Lipinski definition) is 0. The lowest BCUT2D eigenvalue weighted by Gasteiger charge is -2.00. The maximum atomic E-state index is 11.9. The van der Waals surface area contributed by atoms with Gasteiger partial charge in [-0.1, -0.05) is 54.1 Å². The Labute approximate surface area is 122 Å². The van der Waals surface area contributed by atoms with Crippen molar-refractivity contribution in [1.82, 2.24) is 0 Å². The molecule has 20 heavy (non-hydrogen) atoms. The summed E-state index contributed by atoms with van der Waals surface area (Å²) in [4.78, 5) is 11.9. The predicted octanol–water partition coefficient (Wildman–Crippen LogP) is 4.32. The van der Waals surface area contributed by atoms with E-state index in [1.807, 2.05) is 42.5 Å². The second-order valence-electron chi connectivity index (χ2n) is 4.42. The number of carbonyl (C=O) groups excluding carboxylic acids is 1. The molecule has 0 N–H and O–H groups in total. The third kappa shape index (κ3) is 2.65. The van der Waals surface area contributed by atoms with Crippen LogP contribution in [0.15, 0.2) is 66.2 Å². The molecule has 98 valence electrons. The van der Waals surface area contributed by atoms with Crippen molar-refractivity contribution in [2.75, 3.05) is 0 Å². The molecule has 0 bridgehead atoms. The van der Waals surface area contributed by atoms with E-state index in [9.17, 15) is 4.79 Å². The van der Waals surface area contributed by atoms with Gasteiger partial charge in [-0.2, -0.15) is 0 Å². The van der Waals surface area contributed by atoms with E-state index >= 15 is 0 Å². The number of cyclic esters (lactones) is 1. The molecule has 0 spiro atoms. The summed E-state index contributed by atoms with van der Waals surface area (Å²) in [5.41, 5.74) is 2.33. The maximum Gasteiger partial charge on any atom is 0.343 e. The lowest BCUT2D eigenvalue weighted by molar-refractivity contribution is -0.130. The molecule has 2 aromatic rings. The number of rotatable bonds is 2. The first kappa shape index (κ1) is 12.7. The molecule has 1 aliphatic heterocycles. The largest absolute Gasteiger partial charge is 0.422 e. The van der Waals surface area contributed by atoms with E-state index in [1.54, 1.807) is 24.3 Å². The normalized spacial score (nSPS) is 16.1. The van der Waals surface area contributed by atoms with Crippen molar-refractivity contribution in [3.05, 3.63) is 82.4 Å². The number of esters is 1. The van der Waals surface area contributed by atoms with Crippen molar-refractivity contribution < 1.29 is 9.53 Å². The van der Waals surface area contributed by atoms with Crippen LogP contribution in [0.5, 0.6) is 0 Å². The van der Waals surface area contributed by atoms with Gasteiger partial charge >= 0.3 is 5.97 Å². The molecule has 0 unspecified atom stereocenters. The van der Waals surface area contributed by atoms with Crippen LogP contribution < -0.4 is 0 Å². The van der Waals surface area contributed by atoms with Crippen LogP contribution in [0, 0.1) is 0 Å². The molecule has 0 aromatic heterocycles. The number of halogens is 1. The average molecular weight is 283 g/mol. The molecule has 1 aliphatic rings. The fourth-order valence-electron chi connectivity index (χ4n) is 1.97. The van der Waals surface area contributed by atoms with Crippen LogP contribution in [0.3, 0.4) is 0 Å². The van der Waals surface area contributed by atoms with E-state index < -0.39 is 0 Å². The van der Waals surface area contributed by atoms with Crippen molar-refractivity contribution in [3.8, 4) is 0 Å². The Bertz CT molecular complexity index is 698. The van der Waals surface area contributed by atoms with Gasteiger partial charge in [-0.05, 0) is 29.8 Å². The molecule has 3 heteroatoms. The van der Waals surface area contributed by atoms with Gasteiger partial charge in [-0.3, -0.25) is 0 Å². The minimum atomic E-state index is -0.334. The molecule has 0 saturated heterocycles. The average Bonchev–Trinajstić information content (AvgIpc) is 2.84. The Hall–Kier alpha value is -2.32. The van der Waals surface area contributed by atoms with Gasteiger partial charge in [0.05, 0.1) is 5.57 Å². The molecule has 0 fully saturated rings. The minimum absolute atomic E-state index is 0.334. The third-order valence-electron chi connectivity index (χ3n) is 2.98. The fourth-order valence-corrected chi connectivity index (χ4v) is 2.10. The van der Waals surface area contributed by atoms with E-state index in [0.717, 1.165) is 11.1 Å². The van der Waals surface area contributed by atoms with Crippen molar-refractivity contribution in [2.24, 2.45) is 0 Å². The summed E-state index contributed by atoms with van der Waals surface area (Å²) in [5, 5.41) is 0.668. The zero-order valence-corrected chi connectivity index (χ0v) is 11.3. The minimum Gasteiger partial charge on any atom is -0.422 e. The molecule has 1 heterocycles. The summed E-state index contributed by atoms with van der Waals surface area (Å²) in [5.74, 6) is 0.245. The SMILES string of the molecule is O=C1OC(c2ccccc2)=C/C1=C\c1ccc(Cl)cc1. The molecule has 3 rings (SSSR count). The number of ether oxygens (including phenoxy) is 1. The van der Waals surface area contributed by atoms with Crippen molar-refractivity contribution in [2.45, 2.75) is 0 Å². The zero-order chi connectivity index (χ0) is 13.9. The Morgan fingerprint density at radius 1 is 0.950 bits per heavy atom. The first-order chi connectivity index (χ1) is 9.72. The second-order valence-corrected chi connectivity index (χ2v) is 4.85. The highest BCUT2D eigenvalue weighted by Crippen LogP contribution is 2.27. The van der Waals surface area contributed by atoms with Crippen LogP contribution in [-0.4, -0.2) is 5.97 Å². The standard InChI is InChI=1S/C17H11ClO2/c18-15-8-6-12(7-9-15)10-14-11-16(20-17(14)19)13-4-2-1-3-5-13/h1-11H/b14-10+. The summed E-state index contributed by atoms with van der Waals surface area (Å²) in [6.45, 7) is 0. The fraction of sp³-hybridized carbons (Fsp3) is 0. The summed E-state index contributed by atoms with van der Waals surface area (Å²) in [6, 6.07) is 16.8. The Kier molecular flexibility index (Phi) is 3.40. The van der Waals surface area contributed by atoms with Gasteiger partial charge in [0.2, 0.25) is 0 Å². The number of benzene rings is 2. The van der Waals surface area contributed by atoms with Crippen LogP contribution in [0.2, 0.25) is 5.02 Å². The molecular weight excluding hydrogens is 272 g/mol. The van der Waals surface area contributed by atoms with E-state index in [0.29, 0.717) is 16.4 Å². The molecule has 0 amide bonds. The monoisotopic (exact) mass is 282 g/mol. The van der Waals surface area contributed by atoms with Crippen LogP contribution in [-0.2, 0) is 9.53 Å². The Balaban J connectivity index is 1.92. The van der Waals surface area contributed by atoms with Gasteiger partial charge in [0.1, 0.15) is 5.76 Å². The van der Waals surface area contributed by atoms with E-state index in [2.05, 4.69) is 0 Å². The summed E-state index contributed by atoms with van der Waals surface area (Å²) in [7, 11) is 0. The van der Waals surface area contributed by atoms with Crippen LogP contribution in [0.1, 0.15) is 11.1 Å². The van der Waals surface area contributed by atoms with Gasteiger partial charge in [0.25, 0.3) is 0 Å². The number of carbonyl (C=O) groups is 1. The predicted molar refractivity (Wildman–Crippen MR) is 79.9 cm³/mol. The van der Waals surface area contributed by atoms with Gasteiger partial charge in [0, 0.05) is 10.6 Å². The Morgan fingerprint density at radius 2 is 1.65 bits per heavy atom. The Morgan fingerprint density at radius 3 is 2.35 bits per heavy atom. The van der Waals surface area contributed by atoms with E-state index in [4.69, 9.17) is 16.3 Å². The molecule has 2 aromatic carbocycles. The molecule has 2 nitrogen and oxygen atoms in total. The quantitative estimate of drug-likeness (QED) is 0.606. The van der Waals surface area contributed by atoms with Crippen molar-refractivity contribution in [3.63, 3.8) is 0 Å². The summed E-state index contributed by atoms with van der Waals surface area (Å²) >= 11 is 5.84. The molecule has 0 saturated carbocycles. The molecule has 0 radical (unpaired) electrons. The van der Waals surface area contributed by atoms with Gasteiger partial charge < -0.3 is 4.74 Å². The number of hydrogen-bond acceptors (Lipinski definition) is 2. The summed E-state index contributed by atoms with van der Waals surface area (Å²) < 4.78 is 5.28. The highest BCUT2D eigenvalue weighted by Gasteiger charge is 2.21. The zero-order valence-electron chi connectivity index (χ0n) is 10.5. The first-order valence-electron chi connectivity index (χ1n) is 6.19. The highest BCUT2D eigenvalue weighted by molar-refractivity contribution is 6.30. The van der Waals surface area contributed by atoms with Gasteiger partial charge in [-0.15, -0.1) is 0 Å². The van der Waals surface area contributed by atoms with Crippen LogP contribution >= 0.6 is 11.6 Å². The molecule has 0 aliphatic carbocycles. The van der Waals surface area contributed by atoms with Crippen LogP contribution in [0.4, 0.5) is 0 Å². The lowest BCUT2D eigenvalue weighted by Crippen LogP contribution is -1.96. The topological polar surface area (TPSA) is 26.3 Å². The first-order valence-corrected chi connectivity index (χ1v) is 6.57. The van der Waals surface area contributed by atoms with Crippen LogP contribution in [0.25, 0.3) is 11.8 Å². The van der Waals surface area contributed by atoms with Gasteiger partial charge in [-0.25, -0.2) is 4.79 Å². The second kappa shape index (κ2) is 5.35. The highest BCUT2D eigenvalue weighted by atomic mass is 35.5. The summed E-state index contributed by atoms with van der Waals surface area (Å²) in [6.07, 6.45) is 3.54. The molecular formula is C17H11ClO2. The van der Waals surface area contributed by atoms with Gasteiger partial charge in [0.15, 0.2) is 0 Å². The smallest absolute Gasteiger partial charge is 0.343 e. The van der Waals surface area contributed by atoms with Crippen molar-refractivity contribution >= 4 is 29.4 Å². The molecule has 0 atom stereocenters. The third-order valence-corrected chi connectivity index (χ3v) is 3.23. The lowest BCUT2D eigenvalue weighted by atomic mass is 10.1.